The van der Waals surface area contributed by atoms with Gasteiger partial charge in [0.25, 0.3) is 23.6 Å². The van der Waals surface area contributed by atoms with Gasteiger partial charge in [0.05, 0.1) is 33.6 Å². The van der Waals surface area contributed by atoms with Crippen molar-refractivity contribution in [1.29, 1.82) is 0 Å². The van der Waals surface area contributed by atoms with Crippen molar-refractivity contribution in [2.24, 2.45) is 0 Å². The maximum Gasteiger partial charge on any atom is 0.266 e. The molecule has 0 saturated heterocycles. The third kappa shape index (κ3) is 6.47. The summed E-state index contributed by atoms with van der Waals surface area (Å²) in [4.78, 5) is 72.1. The number of hydrogen-bond acceptors (Lipinski definition) is 10. The van der Waals surface area contributed by atoms with Gasteiger partial charge >= 0.3 is 0 Å². The quantitative estimate of drug-likeness (QED) is 0.142. The Morgan fingerprint density at radius 2 is 0.800 bits per heavy atom. The molecule has 2 saturated carbocycles. The normalized spacial score (nSPS) is 17.4. The highest BCUT2D eigenvalue weighted by atomic mass is 16.2. The average Bonchev–Trinajstić information content (AvgIpc) is 3.63. The first-order valence-corrected chi connectivity index (χ1v) is 19.2. The highest BCUT2D eigenvalue weighted by Gasteiger charge is 2.38. The molecule has 2 aliphatic carbocycles. The predicted molar refractivity (Wildman–Crippen MR) is 211 cm³/mol. The van der Waals surface area contributed by atoms with Crippen molar-refractivity contribution in [2.75, 3.05) is 25.3 Å². The molecule has 1 aromatic heterocycles. The van der Waals surface area contributed by atoms with Crippen LogP contribution >= 0.6 is 0 Å². The smallest absolute Gasteiger partial charge is 0.266 e. The number of carbonyl (C=O) groups excluding carboxylic acids is 4. The number of amides is 4. The van der Waals surface area contributed by atoms with E-state index in [0.29, 0.717) is 74.9 Å². The van der Waals surface area contributed by atoms with Crippen molar-refractivity contribution in [3.8, 4) is 0 Å². The van der Waals surface area contributed by atoms with Crippen LogP contribution in [0.2, 0.25) is 0 Å². The summed E-state index contributed by atoms with van der Waals surface area (Å²) in [6.45, 7) is 0. The molecule has 4 aliphatic rings. The first kappa shape index (κ1) is 34.3. The molecule has 3 heterocycles. The van der Waals surface area contributed by atoms with Crippen molar-refractivity contribution in [2.45, 2.75) is 76.3 Å². The summed E-state index contributed by atoms with van der Waals surface area (Å²) >= 11 is 0. The van der Waals surface area contributed by atoms with Crippen LogP contribution in [0.25, 0.3) is 0 Å². The topological polar surface area (TPSA) is 141 Å². The lowest BCUT2D eigenvalue weighted by Gasteiger charge is -2.41. The number of hydrogen-bond donors (Lipinski definition) is 2. The Labute approximate surface area is 318 Å². The SMILES string of the molecule is O=C1c2ccccc2C(=O)N1c1ccc(Nc2nc(Nc3ccc(N4C(=O)c5ccccc5C4=O)cc3)nc(N(C3CCCCC3)C3CCCCC3)n2)cc1. The van der Waals surface area contributed by atoms with Crippen molar-refractivity contribution in [3.05, 3.63) is 119 Å². The van der Waals surface area contributed by atoms with Gasteiger partial charge < -0.3 is 15.5 Å². The second kappa shape index (κ2) is 14.4. The molecule has 276 valence electrons. The Morgan fingerprint density at radius 3 is 1.15 bits per heavy atom. The zero-order valence-electron chi connectivity index (χ0n) is 30.3. The molecular formula is C43H40N8O4. The van der Waals surface area contributed by atoms with Crippen LogP contribution in [0.3, 0.4) is 0 Å². The lowest BCUT2D eigenvalue weighted by atomic mass is 9.89. The van der Waals surface area contributed by atoms with Crippen LogP contribution in [0.4, 0.5) is 40.6 Å². The second-order valence-electron chi connectivity index (χ2n) is 14.6. The van der Waals surface area contributed by atoms with E-state index >= 15 is 0 Å². The molecule has 12 heteroatoms. The van der Waals surface area contributed by atoms with E-state index in [4.69, 9.17) is 15.0 Å². The van der Waals surface area contributed by atoms with E-state index < -0.39 is 0 Å². The molecule has 0 spiro atoms. The Bertz CT molecular complexity index is 2070. The minimum Gasteiger partial charge on any atom is -0.335 e. The summed E-state index contributed by atoms with van der Waals surface area (Å²) in [5.41, 5.74) is 3.88. The minimum absolute atomic E-state index is 0.331. The largest absolute Gasteiger partial charge is 0.335 e. The number of nitrogens with one attached hydrogen (secondary N) is 2. The van der Waals surface area contributed by atoms with Crippen molar-refractivity contribution in [3.63, 3.8) is 0 Å². The van der Waals surface area contributed by atoms with Crippen molar-refractivity contribution in [1.82, 2.24) is 15.0 Å². The zero-order chi connectivity index (χ0) is 37.5. The summed E-state index contributed by atoms with van der Waals surface area (Å²) in [5.74, 6) is -0.0739. The lowest BCUT2D eigenvalue weighted by Crippen LogP contribution is -2.46. The molecule has 2 aliphatic heterocycles. The molecule has 4 amide bonds. The van der Waals surface area contributed by atoms with E-state index in [2.05, 4.69) is 15.5 Å². The monoisotopic (exact) mass is 732 g/mol. The first-order valence-electron chi connectivity index (χ1n) is 19.2. The van der Waals surface area contributed by atoms with Gasteiger partial charge in [-0.3, -0.25) is 19.2 Å². The van der Waals surface area contributed by atoms with E-state index in [9.17, 15) is 19.2 Å². The third-order valence-electron chi connectivity index (χ3n) is 11.1. The van der Waals surface area contributed by atoms with E-state index in [0.717, 1.165) is 25.7 Å². The minimum atomic E-state index is -0.346. The van der Waals surface area contributed by atoms with Gasteiger partial charge in [0.1, 0.15) is 0 Å². The van der Waals surface area contributed by atoms with Crippen LogP contribution < -0.4 is 25.3 Å². The molecule has 55 heavy (non-hydrogen) atoms. The Balaban J connectivity index is 1.01. The van der Waals surface area contributed by atoms with Crippen LogP contribution in [0.15, 0.2) is 97.1 Å². The van der Waals surface area contributed by atoms with Gasteiger partial charge in [-0.05, 0) is 98.5 Å². The van der Waals surface area contributed by atoms with Crippen LogP contribution in [-0.4, -0.2) is 50.7 Å². The summed E-state index contributed by atoms with van der Waals surface area (Å²) in [5, 5.41) is 6.71. The number of benzene rings is 4. The molecule has 0 bridgehead atoms. The zero-order valence-corrected chi connectivity index (χ0v) is 30.3. The van der Waals surface area contributed by atoms with Crippen LogP contribution in [0.5, 0.6) is 0 Å². The van der Waals surface area contributed by atoms with Gasteiger partial charge in [-0.15, -0.1) is 0 Å². The van der Waals surface area contributed by atoms with Crippen molar-refractivity contribution >= 4 is 64.2 Å². The molecule has 2 N–H and O–H groups in total. The lowest BCUT2D eigenvalue weighted by molar-refractivity contribution is 0.0910. The molecule has 4 aromatic carbocycles. The third-order valence-corrected chi connectivity index (χ3v) is 11.1. The Morgan fingerprint density at radius 1 is 0.455 bits per heavy atom. The van der Waals surface area contributed by atoms with E-state index in [-0.39, 0.29) is 23.6 Å². The molecule has 12 nitrogen and oxygen atoms in total. The summed E-state index contributed by atoms with van der Waals surface area (Å²) in [7, 11) is 0. The Kier molecular flexibility index (Phi) is 9.01. The molecule has 0 unspecified atom stereocenters. The number of aromatic nitrogens is 3. The molecular weight excluding hydrogens is 693 g/mol. The van der Waals surface area contributed by atoms with Crippen LogP contribution in [-0.2, 0) is 0 Å². The molecule has 9 rings (SSSR count). The van der Waals surface area contributed by atoms with E-state index in [1.54, 1.807) is 97.1 Å². The van der Waals surface area contributed by atoms with Gasteiger partial charge in [-0.2, -0.15) is 15.0 Å². The number of fused-ring (bicyclic) bond motifs is 2. The summed E-state index contributed by atoms with van der Waals surface area (Å²) in [6, 6.07) is 28.5. The molecule has 2 fully saturated rings. The van der Waals surface area contributed by atoms with Gasteiger partial charge in [0.2, 0.25) is 17.8 Å². The fourth-order valence-corrected chi connectivity index (χ4v) is 8.43. The number of anilines is 7. The maximum absolute atomic E-state index is 13.1. The number of nitrogens with zero attached hydrogens (tertiary/aromatic N) is 6. The highest BCUT2D eigenvalue weighted by molar-refractivity contribution is 6.35. The maximum atomic E-state index is 13.1. The fraction of sp³-hybridized carbons (Fsp3) is 0.279. The van der Waals surface area contributed by atoms with Gasteiger partial charge in [0.15, 0.2) is 0 Å². The van der Waals surface area contributed by atoms with Crippen molar-refractivity contribution < 1.29 is 19.2 Å². The summed E-state index contributed by atoms with van der Waals surface area (Å²) in [6.07, 6.45) is 11.5. The number of rotatable bonds is 9. The van der Waals surface area contributed by atoms with E-state index in [1.165, 1.54) is 48.3 Å². The van der Waals surface area contributed by atoms with Crippen LogP contribution in [0.1, 0.15) is 106 Å². The molecule has 0 atom stereocenters. The first-order chi connectivity index (χ1) is 26.9. The highest BCUT2D eigenvalue weighted by Crippen LogP contribution is 2.35. The summed E-state index contributed by atoms with van der Waals surface area (Å²) < 4.78 is 0. The van der Waals surface area contributed by atoms with Gasteiger partial charge in [-0.25, -0.2) is 9.80 Å². The standard InChI is InChI=1S/C43H40N8O4/c52-37-33-15-7-8-16-34(33)38(53)50(37)31-23-19-27(20-24-31)44-41-46-42(48-43(47-41)49(29-11-3-1-4-12-29)30-13-5-2-6-14-30)45-28-21-25-32(26-22-28)51-39(54)35-17-9-10-18-36(35)40(51)55/h7-10,15-26,29-30H,1-6,11-14H2,(H2,44,45,46,47,48). The molecule has 0 radical (unpaired) electrons. The number of carbonyl (C=O) groups is 4. The molecule has 5 aromatic rings. The fourth-order valence-electron chi connectivity index (χ4n) is 8.43. The predicted octanol–water partition coefficient (Wildman–Crippen LogP) is 8.43. The van der Waals surface area contributed by atoms with Crippen LogP contribution in [0, 0.1) is 0 Å². The average molecular weight is 733 g/mol. The second-order valence-corrected chi connectivity index (χ2v) is 14.6. The number of imide groups is 2. The van der Waals surface area contributed by atoms with Gasteiger partial charge in [-0.1, -0.05) is 62.8 Å². The Hall–Kier alpha value is -6.43. The van der Waals surface area contributed by atoms with Gasteiger partial charge in [0, 0.05) is 23.5 Å². The van der Waals surface area contributed by atoms with E-state index in [1.807, 2.05) is 0 Å².